The van der Waals surface area contributed by atoms with Crippen LogP contribution in [0.25, 0.3) is 22.0 Å². The van der Waals surface area contributed by atoms with Crippen LogP contribution in [0.3, 0.4) is 0 Å². The smallest absolute Gasteiger partial charge is 0.316 e. The van der Waals surface area contributed by atoms with Gasteiger partial charge in [0.2, 0.25) is 0 Å². The van der Waals surface area contributed by atoms with E-state index in [9.17, 15) is 0 Å². The molecule has 0 bridgehead atoms. The molecule has 0 N–H and O–H groups in total. The number of hydrogen-bond acceptors (Lipinski definition) is 5. The Morgan fingerprint density at radius 3 is 2.66 bits per heavy atom. The summed E-state index contributed by atoms with van der Waals surface area (Å²) in [6, 6.07) is 19.5. The zero-order valence-corrected chi connectivity index (χ0v) is 16.4. The molecule has 2 aromatic heterocycles. The standard InChI is InChI=1S/C24H22N4O/c1-29-24-25-13-19(14-26-24)21-7-4-6-18-15-28(16-22(18)21)12-11-20-10-9-17-5-2-3-8-23(17)27-20/h2-10,13-14H,11-12,15-16H2,1H3. The van der Waals surface area contributed by atoms with Crippen LogP contribution in [0.4, 0.5) is 0 Å². The Morgan fingerprint density at radius 1 is 0.931 bits per heavy atom. The molecule has 1 aliphatic heterocycles. The summed E-state index contributed by atoms with van der Waals surface area (Å²) < 4.78 is 5.08. The summed E-state index contributed by atoms with van der Waals surface area (Å²) in [5, 5.41) is 1.19. The van der Waals surface area contributed by atoms with Gasteiger partial charge >= 0.3 is 6.01 Å². The van der Waals surface area contributed by atoms with Crippen molar-refractivity contribution in [1.82, 2.24) is 19.9 Å². The van der Waals surface area contributed by atoms with Gasteiger partial charge in [0.05, 0.1) is 12.6 Å². The molecular formula is C24H22N4O. The SMILES string of the molecule is COc1ncc(-c2cccc3c2CN(CCc2ccc4ccccc4n2)C3)cn1. The minimum absolute atomic E-state index is 0.394. The van der Waals surface area contributed by atoms with Gasteiger partial charge < -0.3 is 4.74 Å². The third-order valence-electron chi connectivity index (χ3n) is 5.51. The Kier molecular flexibility index (Phi) is 4.66. The van der Waals surface area contributed by atoms with Crippen LogP contribution in [0.2, 0.25) is 0 Å². The quantitative estimate of drug-likeness (QED) is 0.516. The molecule has 0 spiro atoms. The molecule has 5 nitrogen and oxygen atoms in total. The van der Waals surface area contributed by atoms with Crippen molar-refractivity contribution in [2.24, 2.45) is 0 Å². The number of hydrogen-bond donors (Lipinski definition) is 0. The predicted molar refractivity (Wildman–Crippen MR) is 114 cm³/mol. The largest absolute Gasteiger partial charge is 0.467 e. The van der Waals surface area contributed by atoms with Crippen LogP contribution in [0.1, 0.15) is 16.8 Å². The molecule has 0 saturated heterocycles. The van der Waals surface area contributed by atoms with Crippen molar-refractivity contribution in [3.05, 3.63) is 83.8 Å². The van der Waals surface area contributed by atoms with E-state index < -0.39 is 0 Å². The zero-order valence-electron chi connectivity index (χ0n) is 16.4. The summed E-state index contributed by atoms with van der Waals surface area (Å²) in [7, 11) is 1.58. The van der Waals surface area contributed by atoms with E-state index in [0.717, 1.165) is 42.8 Å². The number of fused-ring (bicyclic) bond motifs is 2. The molecule has 0 fully saturated rings. The highest BCUT2D eigenvalue weighted by atomic mass is 16.5. The molecule has 0 atom stereocenters. The third kappa shape index (κ3) is 3.57. The summed E-state index contributed by atoms with van der Waals surface area (Å²) in [5.41, 5.74) is 7.19. The second-order valence-corrected chi connectivity index (χ2v) is 7.36. The number of para-hydroxylation sites is 1. The maximum absolute atomic E-state index is 5.08. The van der Waals surface area contributed by atoms with E-state index in [1.54, 1.807) is 7.11 Å². The number of methoxy groups -OCH3 is 1. The first-order valence-corrected chi connectivity index (χ1v) is 9.84. The average molecular weight is 382 g/mol. The summed E-state index contributed by atoms with van der Waals surface area (Å²) in [5.74, 6) is 0. The molecule has 2 aromatic carbocycles. The molecule has 5 heteroatoms. The predicted octanol–water partition coefficient (Wildman–Crippen LogP) is 4.26. The molecule has 0 saturated carbocycles. The fraction of sp³-hybridized carbons (Fsp3) is 0.208. The highest BCUT2D eigenvalue weighted by Crippen LogP contribution is 2.32. The molecule has 29 heavy (non-hydrogen) atoms. The normalized spacial score (nSPS) is 13.6. The summed E-state index contributed by atoms with van der Waals surface area (Å²) in [6.45, 7) is 2.89. The fourth-order valence-electron chi connectivity index (χ4n) is 4.00. The van der Waals surface area contributed by atoms with E-state index in [2.05, 4.69) is 63.4 Å². The van der Waals surface area contributed by atoms with Crippen molar-refractivity contribution in [1.29, 1.82) is 0 Å². The van der Waals surface area contributed by atoms with E-state index in [1.807, 2.05) is 18.5 Å². The molecule has 4 aromatic rings. The monoisotopic (exact) mass is 382 g/mol. The lowest BCUT2D eigenvalue weighted by molar-refractivity contribution is 0.287. The van der Waals surface area contributed by atoms with Crippen molar-refractivity contribution < 1.29 is 4.74 Å². The van der Waals surface area contributed by atoms with E-state index >= 15 is 0 Å². The molecule has 0 amide bonds. The van der Waals surface area contributed by atoms with Crippen molar-refractivity contribution in [3.63, 3.8) is 0 Å². The topological polar surface area (TPSA) is 51.1 Å². The number of ether oxygens (including phenoxy) is 1. The highest BCUT2D eigenvalue weighted by Gasteiger charge is 2.22. The number of aromatic nitrogens is 3. The van der Waals surface area contributed by atoms with Crippen LogP contribution in [-0.4, -0.2) is 33.5 Å². The lowest BCUT2D eigenvalue weighted by Gasteiger charge is -2.15. The van der Waals surface area contributed by atoms with Crippen molar-refractivity contribution in [2.45, 2.75) is 19.5 Å². The summed E-state index contributed by atoms with van der Waals surface area (Å²) in [6.07, 6.45) is 4.62. The Morgan fingerprint density at radius 2 is 1.79 bits per heavy atom. The Hall–Kier alpha value is -3.31. The molecule has 144 valence electrons. The van der Waals surface area contributed by atoms with Crippen LogP contribution in [0, 0.1) is 0 Å². The minimum atomic E-state index is 0.394. The van der Waals surface area contributed by atoms with Crippen molar-refractivity contribution in [3.8, 4) is 17.1 Å². The van der Waals surface area contributed by atoms with Crippen molar-refractivity contribution in [2.75, 3.05) is 13.7 Å². The van der Waals surface area contributed by atoms with Crippen LogP contribution in [0.5, 0.6) is 6.01 Å². The molecular weight excluding hydrogens is 360 g/mol. The zero-order chi connectivity index (χ0) is 19.6. The van der Waals surface area contributed by atoms with Crippen molar-refractivity contribution >= 4 is 10.9 Å². The van der Waals surface area contributed by atoms with Crippen LogP contribution >= 0.6 is 0 Å². The molecule has 5 rings (SSSR count). The Balaban J connectivity index is 1.31. The Bertz CT molecular complexity index is 1160. The van der Waals surface area contributed by atoms with E-state index in [1.165, 1.54) is 22.1 Å². The average Bonchev–Trinajstić information content (AvgIpc) is 3.21. The van der Waals surface area contributed by atoms with Gasteiger partial charge in [-0.05, 0) is 28.8 Å². The van der Waals surface area contributed by atoms with E-state index in [-0.39, 0.29) is 0 Å². The Labute approximate surface area is 170 Å². The summed E-state index contributed by atoms with van der Waals surface area (Å²) in [4.78, 5) is 15.8. The first kappa shape index (κ1) is 17.8. The van der Waals surface area contributed by atoms with Gasteiger partial charge in [-0.2, -0.15) is 0 Å². The molecule has 1 aliphatic rings. The van der Waals surface area contributed by atoms with Gasteiger partial charge in [-0.3, -0.25) is 9.88 Å². The van der Waals surface area contributed by atoms with Gasteiger partial charge in [-0.25, -0.2) is 9.97 Å². The first-order chi connectivity index (χ1) is 14.3. The van der Waals surface area contributed by atoms with Crippen LogP contribution in [0.15, 0.2) is 67.0 Å². The molecule has 0 unspecified atom stereocenters. The molecule has 3 heterocycles. The van der Waals surface area contributed by atoms with Gasteiger partial charge in [-0.15, -0.1) is 0 Å². The number of benzene rings is 2. The maximum Gasteiger partial charge on any atom is 0.316 e. The van der Waals surface area contributed by atoms with Gasteiger partial charge in [0.25, 0.3) is 0 Å². The van der Waals surface area contributed by atoms with Gasteiger partial charge in [0.1, 0.15) is 0 Å². The number of rotatable bonds is 5. The lowest BCUT2D eigenvalue weighted by atomic mass is 9.99. The molecule has 0 aliphatic carbocycles. The fourth-order valence-corrected chi connectivity index (χ4v) is 4.00. The first-order valence-electron chi connectivity index (χ1n) is 9.84. The third-order valence-corrected chi connectivity index (χ3v) is 5.51. The summed E-state index contributed by atoms with van der Waals surface area (Å²) >= 11 is 0. The number of pyridine rings is 1. The second-order valence-electron chi connectivity index (χ2n) is 7.36. The van der Waals surface area contributed by atoms with E-state index in [0.29, 0.717) is 6.01 Å². The van der Waals surface area contributed by atoms with Gasteiger partial charge in [-0.1, -0.05) is 42.5 Å². The number of nitrogens with zero attached hydrogens (tertiary/aromatic N) is 4. The van der Waals surface area contributed by atoms with Crippen LogP contribution in [-0.2, 0) is 19.5 Å². The lowest BCUT2D eigenvalue weighted by Crippen LogP contribution is -2.19. The molecule has 0 radical (unpaired) electrons. The highest BCUT2D eigenvalue weighted by molar-refractivity contribution is 5.78. The van der Waals surface area contributed by atoms with Gasteiger partial charge in [0, 0.05) is 55.1 Å². The van der Waals surface area contributed by atoms with E-state index in [4.69, 9.17) is 9.72 Å². The maximum atomic E-state index is 5.08. The van der Waals surface area contributed by atoms with Crippen LogP contribution < -0.4 is 4.74 Å². The minimum Gasteiger partial charge on any atom is -0.467 e. The van der Waals surface area contributed by atoms with Gasteiger partial charge in [0.15, 0.2) is 0 Å². The second kappa shape index (κ2) is 7.60.